The van der Waals surface area contributed by atoms with Gasteiger partial charge in [-0.25, -0.2) is 0 Å². The first-order valence-electron chi connectivity index (χ1n) is 17.3. The monoisotopic (exact) mass is 682 g/mol. The summed E-state index contributed by atoms with van der Waals surface area (Å²) < 4.78 is 0.816. The van der Waals surface area contributed by atoms with Crippen molar-refractivity contribution in [2.24, 2.45) is 11.8 Å². The molecule has 1 aromatic heterocycles. The highest BCUT2D eigenvalue weighted by Gasteiger charge is 2.31. The fourth-order valence-electron chi connectivity index (χ4n) is 5.28. The van der Waals surface area contributed by atoms with Gasteiger partial charge >= 0.3 is 0 Å². The van der Waals surface area contributed by atoms with Gasteiger partial charge in [-0.1, -0.05) is 77.8 Å². The molecule has 2 aromatic rings. The summed E-state index contributed by atoms with van der Waals surface area (Å²) in [6, 6.07) is 8.27. The first-order valence-corrected chi connectivity index (χ1v) is 17.3. The van der Waals surface area contributed by atoms with E-state index in [2.05, 4.69) is 31.9 Å². The van der Waals surface area contributed by atoms with Crippen LogP contribution in [0.15, 0.2) is 54.9 Å². The summed E-state index contributed by atoms with van der Waals surface area (Å²) in [6.45, 7) is 14.0. The van der Waals surface area contributed by atoms with Gasteiger partial charge in [0.1, 0.15) is 18.1 Å². The summed E-state index contributed by atoms with van der Waals surface area (Å²) in [7, 11) is 0. The summed E-state index contributed by atoms with van der Waals surface area (Å²) >= 11 is 0. The number of amides is 5. The molecule has 0 fully saturated rings. The van der Waals surface area contributed by atoms with E-state index in [0.717, 1.165) is 4.73 Å². The Morgan fingerprint density at radius 3 is 2.00 bits per heavy atom. The molecule has 6 atom stereocenters. The highest BCUT2D eigenvalue weighted by molar-refractivity contribution is 5.98. The van der Waals surface area contributed by atoms with E-state index in [9.17, 15) is 29.2 Å². The van der Waals surface area contributed by atoms with Crippen molar-refractivity contribution in [1.29, 1.82) is 0 Å². The number of aromatic nitrogens is 1. The Bertz CT molecular complexity index is 1360. The minimum atomic E-state index is -0.891. The van der Waals surface area contributed by atoms with Gasteiger partial charge in [0.05, 0.1) is 11.6 Å². The summed E-state index contributed by atoms with van der Waals surface area (Å²) in [5.74, 6) is -1.97. The fourth-order valence-corrected chi connectivity index (χ4v) is 5.28. The van der Waals surface area contributed by atoms with Gasteiger partial charge in [0.25, 0.3) is 5.91 Å². The lowest BCUT2D eigenvalue weighted by Crippen LogP contribution is -2.57. The van der Waals surface area contributed by atoms with Crippen LogP contribution in [0.25, 0.3) is 0 Å². The molecule has 270 valence electrons. The number of rotatable bonds is 20. The molecule has 1 heterocycles. The highest BCUT2D eigenvalue weighted by Crippen LogP contribution is 2.14. The zero-order valence-corrected chi connectivity index (χ0v) is 29.9. The number of nitrogens with zero attached hydrogens (tertiary/aromatic N) is 1. The van der Waals surface area contributed by atoms with Crippen molar-refractivity contribution < 1.29 is 33.9 Å². The molecule has 0 spiro atoms. The number of likely N-dealkylation sites (N-methyl/N-ethyl adjacent to an activating group) is 1. The van der Waals surface area contributed by atoms with Crippen molar-refractivity contribution in [3.8, 4) is 0 Å². The predicted molar refractivity (Wildman–Crippen MR) is 186 cm³/mol. The van der Waals surface area contributed by atoms with Gasteiger partial charge in [0.2, 0.25) is 36.0 Å². The topological polar surface area (TPSA) is 182 Å². The van der Waals surface area contributed by atoms with Crippen molar-refractivity contribution in [2.45, 2.75) is 104 Å². The first-order chi connectivity index (χ1) is 23.3. The molecule has 0 radical (unpaired) electrons. The number of carbonyl (C=O) groups is 5. The molecule has 2 rings (SSSR count). The van der Waals surface area contributed by atoms with Crippen molar-refractivity contribution in [1.82, 2.24) is 31.9 Å². The van der Waals surface area contributed by atoms with Crippen LogP contribution in [0.3, 0.4) is 0 Å². The number of carbonyl (C=O) groups excluding carboxylic acids is 5. The molecule has 7 N–H and O–H groups in total. The van der Waals surface area contributed by atoms with E-state index in [1.54, 1.807) is 31.2 Å². The third-order valence-electron chi connectivity index (χ3n) is 8.27. The van der Waals surface area contributed by atoms with Gasteiger partial charge in [0.15, 0.2) is 0 Å². The molecule has 0 saturated carbocycles. The summed E-state index contributed by atoms with van der Waals surface area (Å²) in [6.07, 6.45) is 4.87. The third-order valence-corrected chi connectivity index (χ3v) is 8.27. The molecular weight excluding hydrogens is 626 g/mol. The minimum absolute atomic E-state index is 0.221. The molecule has 5 amide bonds. The van der Waals surface area contributed by atoms with E-state index in [0.29, 0.717) is 37.8 Å². The third kappa shape index (κ3) is 13.5. The van der Waals surface area contributed by atoms with Crippen LogP contribution < -0.4 is 36.6 Å². The van der Waals surface area contributed by atoms with Crippen LogP contribution in [0.4, 0.5) is 0 Å². The average Bonchev–Trinajstić information content (AvgIpc) is 3.07. The smallest absolute Gasteiger partial charge is 0.252 e. The van der Waals surface area contributed by atoms with E-state index in [1.165, 1.54) is 24.5 Å². The lowest BCUT2D eigenvalue weighted by molar-refractivity contribution is -0.904. The minimum Gasteiger partial charge on any atom is -0.354 e. The number of nitrogens with one attached hydrogen (secondary N) is 6. The second-order valence-electron chi connectivity index (χ2n) is 12.9. The number of benzene rings is 1. The molecule has 13 nitrogen and oxygen atoms in total. The maximum atomic E-state index is 13.6. The molecule has 0 aliphatic rings. The molecule has 3 unspecified atom stereocenters. The van der Waals surface area contributed by atoms with Crippen molar-refractivity contribution in [3.63, 3.8) is 0 Å². The van der Waals surface area contributed by atoms with E-state index >= 15 is 0 Å². The number of hydrogen-bond donors (Lipinski definition) is 7. The second-order valence-corrected chi connectivity index (χ2v) is 12.9. The SMILES string of the molecule is CCC[C@H](NC(=O)C(NC(=O)c1cc[n+](O)cc1)[C@@H](C)CC)C(=O)NC(CN[C@@H](C)C(=O)NC(C(=O)NCC)c1ccccc1)CC(C)C. The lowest BCUT2D eigenvalue weighted by Gasteiger charge is -2.29. The molecule has 0 saturated heterocycles. The molecule has 0 bridgehead atoms. The van der Waals surface area contributed by atoms with E-state index in [4.69, 9.17) is 0 Å². The summed E-state index contributed by atoms with van der Waals surface area (Å²) in [4.78, 5) is 66.1. The fraction of sp³-hybridized carbons (Fsp3) is 0.556. The van der Waals surface area contributed by atoms with Crippen LogP contribution in [0, 0.1) is 11.8 Å². The molecular formula is C36H56N7O6+. The predicted octanol–water partition coefficient (Wildman–Crippen LogP) is 2.14. The van der Waals surface area contributed by atoms with Crippen molar-refractivity contribution in [2.75, 3.05) is 13.1 Å². The van der Waals surface area contributed by atoms with Crippen molar-refractivity contribution in [3.05, 3.63) is 66.0 Å². The Labute approximate surface area is 290 Å². The van der Waals surface area contributed by atoms with E-state index < -0.39 is 36.0 Å². The molecule has 1 aromatic carbocycles. The summed E-state index contributed by atoms with van der Waals surface area (Å²) in [5.41, 5.74) is 0.943. The zero-order valence-electron chi connectivity index (χ0n) is 29.9. The van der Waals surface area contributed by atoms with Crippen molar-refractivity contribution >= 4 is 29.5 Å². The average molecular weight is 683 g/mol. The Hall–Kier alpha value is -4.52. The van der Waals surface area contributed by atoms with Gasteiger partial charge in [-0.2, -0.15) is 0 Å². The quantitative estimate of drug-likeness (QED) is 0.0825. The Balaban J connectivity index is 2.11. The van der Waals surface area contributed by atoms with Gasteiger partial charge in [-0.3, -0.25) is 29.2 Å². The zero-order chi connectivity index (χ0) is 36.5. The normalized spacial score (nSPS) is 14.8. The van der Waals surface area contributed by atoms with Crippen LogP contribution >= 0.6 is 0 Å². The number of hydrogen-bond acceptors (Lipinski definition) is 7. The molecule has 13 heteroatoms. The van der Waals surface area contributed by atoms with Crippen LogP contribution in [-0.2, 0) is 19.2 Å². The Morgan fingerprint density at radius 2 is 1.43 bits per heavy atom. The first kappa shape index (κ1) is 40.7. The lowest BCUT2D eigenvalue weighted by atomic mass is 9.97. The van der Waals surface area contributed by atoms with E-state index in [1.807, 2.05) is 47.6 Å². The van der Waals surface area contributed by atoms with Crippen LogP contribution in [0.1, 0.15) is 96.1 Å². The van der Waals surface area contributed by atoms with Gasteiger partial charge in [-0.05, 0) is 44.1 Å². The maximum absolute atomic E-state index is 13.6. The Kier molecular flexibility index (Phi) is 17.2. The van der Waals surface area contributed by atoms with Gasteiger partial charge < -0.3 is 31.9 Å². The van der Waals surface area contributed by atoms with E-state index in [-0.39, 0.29) is 47.7 Å². The number of pyridine rings is 1. The highest BCUT2D eigenvalue weighted by atomic mass is 16.5. The van der Waals surface area contributed by atoms with Gasteiger partial charge in [-0.15, -0.1) is 0 Å². The maximum Gasteiger partial charge on any atom is 0.252 e. The van der Waals surface area contributed by atoms with Gasteiger partial charge in [0, 0.05) is 36.0 Å². The van der Waals surface area contributed by atoms with Crippen LogP contribution in [-0.4, -0.2) is 72.0 Å². The van der Waals surface area contributed by atoms with Crippen LogP contribution in [0.2, 0.25) is 0 Å². The summed E-state index contributed by atoms with van der Waals surface area (Å²) in [5, 5.41) is 27.0. The second kappa shape index (κ2) is 20.8. The molecule has 0 aliphatic heterocycles. The Morgan fingerprint density at radius 1 is 0.776 bits per heavy atom. The molecule has 49 heavy (non-hydrogen) atoms. The molecule has 0 aliphatic carbocycles. The largest absolute Gasteiger partial charge is 0.354 e. The standard InChI is InChI=1S/C36H55N7O6/c1-8-14-29(40-36(48)30(24(6)9-2)41-33(45)27-17-19-43(49)20-18-27)34(46)39-28(21-23(4)5)22-38-25(7)32(44)42-31(35(47)37-10-3)26-15-12-11-13-16-26/h11-13,15-20,23-25,28-31,38H,8-10,14,21-22H2,1-7H3,(H5-,37,39,40,41,42,44,45,46,47,48,49)/p+1/t24-,25-,28?,29-,30?,31?/m0/s1. The van der Waals surface area contributed by atoms with Crippen LogP contribution in [0.5, 0.6) is 0 Å².